The number of halogens is 1. The zero-order chi connectivity index (χ0) is 15.7. The van der Waals surface area contributed by atoms with E-state index in [0.717, 1.165) is 16.6 Å². The van der Waals surface area contributed by atoms with E-state index < -0.39 is 0 Å². The number of fused-ring (bicyclic) bond motifs is 1. The maximum absolute atomic E-state index is 11.1. The number of hydrogen-bond acceptors (Lipinski definition) is 4. The summed E-state index contributed by atoms with van der Waals surface area (Å²) in [7, 11) is 0. The summed E-state index contributed by atoms with van der Waals surface area (Å²) in [5.74, 6) is 0.418. The SMILES string of the molecule is CC(=O)NC(C)c1ccc2nc(-c3ccc(Cl)nc3)oc2c1. The van der Waals surface area contributed by atoms with Crippen LogP contribution < -0.4 is 5.32 Å². The monoisotopic (exact) mass is 315 g/mol. The Labute approximate surface area is 132 Å². The van der Waals surface area contributed by atoms with Gasteiger partial charge in [-0.1, -0.05) is 17.7 Å². The van der Waals surface area contributed by atoms with Gasteiger partial charge in [-0.2, -0.15) is 0 Å². The first-order valence-electron chi connectivity index (χ1n) is 6.82. The van der Waals surface area contributed by atoms with Crippen LogP contribution in [0.1, 0.15) is 25.5 Å². The van der Waals surface area contributed by atoms with Gasteiger partial charge in [-0.15, -0.1) is 0 Å². The fourth-order valence-electron chi connectivity index (χ4n) is 2.22. The van der Waals surface area contributed by atoms with Crippen LogP contribution in [0.2, 0.25) is 5.15 Å². The number of carbonyl (C=O) groups excluding carboxylic acids is 1. The van der Waals surface area contributed by atoms with Crippen molar-refractivity contribution in [3.05, 3.63) is 47.2 Å². The lowest BCUT2D eigenvalue weighted by Gasteiger charge is -2.12. The average molecular weight is 316 g/mol. The van der Waals surface area contributed by atoms with Crippen LogP contribution >= 0.6 is 11.6 Å². The number of aromatic nitrogens is 2. The zero-order valence-electron chi connectivity index (χ0n) is 12.1. The Hall–Kier alpha value is -2.40. The minimum atomic E-state index is -0.0901. The summed E-state index contributed by atoms with van der Waals surface area (Å²) in [6, 6.07) is 9.09. The Morgan fingerprint density at radius 2 is 2.14 bits per heavy atom. The first-order chi connectivity index (χ1) is 10.5. The standard InChI is InChI=1S/C16H14ClN3O2/c1-9(19-10(2)21)11-3-5-13-14(7-11)22-16(20-13)12-4-6-15(17)18-8-12/h3-9H,1-2H3,(H,19,21). The maximum atomic E-state index is 11.1. The van der Waals surface area contributed by atoms with Gasteiger partial charge < -0.3 is 9.73 Å². The normalized spacial score (nSPS) is 12.3. The number of nitrogens with one attached hydrogen (secondary N) is 1. The summed E-state index contributed by atoms with van der Waals surface area (Å²) in [6.45, 7) is 3.41. The number of pyridine rings is 1. The van der Waals surface area contributed by atoms with E-state index in [2.05, 4.69) is 15.3 Å². The van der Waals surface area contributed by atoms with Crippen molar-refractivity contribution in [2.24, 2.45) is 0 Å². The molecule has 0 spiro atoms. The molecule has 1 amide bonds. The van der Waals surface area contributed by atoms with E-state index in [1.54, 1.807) is 18.3 Å². The molecule has 22 heavy (non-hydrogen) atoms. The van der Waals surface area contributed by atoms with Crippen molar-refractivity contribution < 1.29 is 9.21 Å². The molecule has 0 aliphatic heterocycles. The Morgan fingerprint density at radius 1 is 1.32 bits per heavy atom. The van der Waals surface area contributed by atoms with Gasteiger partial charge in [0.25, 0.3) is 0 Å². The highest BCUT2D eigenvalue weighted by molar-refractivity contribution is 6.29. The van der Waals surface area contributed by atoms with Crippen molar-refractivity contribution in [2.45, 2.75) is 19.9 Å². The lowest BCUT2D eigenvalue weighted by atomic mass is 10.1. The third-order valence-electron chi connectivity index (χ3n) is 3.31. The van der Waals surface area contributed by atoms with Crippen LogP contribution in [0.4, 0.5) is 0 Å². The quantitative estimate of drug-likeness (QED) is 0.748. The molecule has 112 valence electrons. The summed E-state index contributed by atoms with van der Waals surface area (Å²) in [4.78, 5) is 19.6. The summed E-state index contributed by atoms with van der Waals surface area (Å²) >= 11 is 5.78. The van der Waals surface area contributed by atoms with Crippen LogP contribution in [0.5, 0.6) is 0 Å². The van der Waals surface area contributed by atoms with Crippen LogP contribution in [0.3, 0.4) is 0 Å². The molecule has 0 bridgehead atoms. The number of nitrogens with zero attached hydrogens (tertiary/aromatic N) is 2. The van der Waals surface area contributed by atoms with Gasteiger partial charge in [0.05, 0.1) is 11.6 Å². The van der Waals surface area contributed by atoms with Crippen LogP contribution in [-0.2, 0) is 4.79 Å². The predicted octanol–water partition coefficient (Wildman–Crippen LogP) is 3.74. The van der Waals surface area contributed by atoms with E-state index in [9.17, 15) is 4.79 Å². The molecule has 0 saturated heterocycles. The van der Waals surface area contributed by atoms with E-state index in [4.69, 9.17) is 16.0 Å². The van der Waals surface area contributed by atoms with Gasteiger partial charge in [-0.3, -0.25) is 4.79 Å². The molecule has 3 aromatic rings. The molecule has 0 fully saturated rings. The third kappa shape index (κ3) is 2.94. The van der Waals surface area contributed by atoms with E-state index in [0.29, 0.717) is 16.6 Å². The first kappa shape index (κ1) is 14.5. The lowest BCUT2D eigenvalue weighted by Crippen LogP contribution is -2.23. The van der Waals surface area contributed by atoms with Gasteiger partial charge in [0, 0.05) is 13.1 Å². The van der Waals surface area contributed by atoms with Gasteiger partial charge in [0.15, 0.2) is 5.58 Å². The van der Waals surface area contributed by atoms with Crippen LogP contribution in [0.15, 0.2) is 40.9 Å². The molecule has 1 atom stereocenters. The molecular formula is C16H14ClN3O2. The van der Waals surface area contributed by atoms with E-state index in [-0.39, 0.29) is 11.9 Å². The molecule has 0 saturated carbocycles. The molecule has 1 aromatic carbocycles. The van der Waals surface area contributed by atoms with Gasteiger partial charge >= 0.3 is 0 Å². The van der Waals surface area contributed by atoms with E-state index in [1.807, 2.05) is 25.1 Å². The maximum Gasteiger partial charge on any atom is 0.228 e. The second kappa shape index (κ2) is 5.77. The number of benzene rings is 1. The minimum Gasteiger partial charge on any atom is -0.436 e. The second-order valence-electron chi connectivity index (χ2n) is 5.04. The van der Waals surface area contributed by atoms with Gasteiger partial charge in [-0.05, 0) is 36.8 Å². The smallest absolute Gasteiger partial charge is 0.228 e. The van der Waals surface area contributed by atoms with Crippen molar-refractivity contribution in [1.82, 2.24) is 15.3 Å². The molecule has 6 heteroatoms. The highest BCUT2D eigenvalue weighted by Gasteiger charge is 2.12. The van der Waals surface area contributed by atoms with Crippen molar-refractivity contribution in [3.8, 4) is 11.5 Å². The molecule has 3 rings (SSSR count). The molecule has 2 heterocycles. The van der Waals surface area contributed by atoms with Crippen LogP contribution in [-0.4, -0.2) is 15.9 Å². The largest absolute Gasteiger partial charge is 0.436 e. The molecule has 2 aromatic heterocycles. The molecule has 5 nitrogen and oxygen atoms in total. The zero-order valence-corrected chi connectivity index (χ0v) is 12.9. The third-order valence-corrected chi connectivity index (χ3v) is 3.53. The lowest BCUT2D eigenvalue weighted by molar-refractivity contribution is -0.119. The van der Waals surface area contributed by atoms with Crippen LogP contribution in [0, 0.1) is 0 Å². The minimum absolute atomic E-state index is 0.0712. The highest BCUT2D eigenvalue weighted by Crippen LogP contribution is 2.26. The van der Waals surface area contributed by atoms with Gasteiger partial charge in [-0.25, -0.2) is 9.97 Å². The molecule has 0 aliphatic rings. The fraction of sp³-hybridized carbons (Fsp3) is 0.188. The average Bonchev–Trinajstić information content (AvgIpc) is 2.90. The number of amides is 1. The van der Waals surface area contributed by atoms with Crippen molar-refractivity contribution in [2.75, 3.05) is 0 Å². The molecule has 0 radical (unpaired) electrons. The van der Waals surface area contributed by atoms with Crippen molar-refractivity contribution in [1.29, 1.82) is 0 Å². The summed E-state index contributed by atoms with van der Waals surface area (Å²) < 4.78 is 5.78. The van der Waals surface area contributed by atoms with E-state index in [1.165, 1.54) is 6.92 Å². The number of hydrogen-bond donors (Lipinski definition) is 1. The molecule has 1 N–H and O–H groups in total. The summed E-state index contributed by atoms with van der Waals surface area (Å²) in [5, 5.41) is 3.27. The predicted molar refractivity (Wildman–Crippen MR) is 84.5 cm³/mol. The molecular weight excluding hydrogens is 302 g/mol. The molecule has 0 aliphatic carbocycles. The Balaban J connectivity index is 1.96. The highest BCUT2D eigenvalue weighted by atomic mass is 35.5. The number of rotatable bonds is 3. The topological polar surface area (TPSA) is 68.0 Å². The van der Waals surface area contributed by atoms with Gasteiger partial charge in [0.1, 0.15) is 10.7 Å². The van der Waals surface area contributed by atoms with Crippen molar-refractivity contribution >= 4 is 28.6 Å². The summed E-state index contributed by atoms with van der Waals surface area (Å²) in [5.41, 5.74) is 3.14. The fourth-order valence-corrected chi connectivity index (χ4v) is 2.34. The molecule has 1 unspecified atom stereocenters. The van der Waals surface area contributed by atoms with Crippen LogP contribution in [0.25, 0.3) is 22.6 Å². The number of oxazole rings is 1. The Morgan fingerprint density at radius 3 is 2.82 bits per heavy atom. The van der Waals surface area contributed by atoms with Crippen molar-refractivity contribution in [3.63, 3.8) is 0 Å². The summed E-state index contributed by atoms with van der Waals surface area (Å²) in [6.07, 6.45) is 1.62. The Bertz CT molecular complexity index is 827. The first-order valence-corrected chi connectivity index (χ1v) is 7.20. The Kier molecular flexibility index (Phi) is 3.81. The second-order valence-corrected chi connectivity index (χ2v) is 5.43. The van der Waals surface area contributed by atoms with E-state index >= 15 is 0 Å². The number of carbonyl (C=O) groups is 1. The van der Waals surface area contributed by atoms with Gasteiger partial charge in [0.2, 0.25) is 11.8 Å².